The Bertz CT molecular complexity index is 466. The lowest BCUT2D eigenvalue weighted by molar-refractivity contribution is 0.604. The normalized spacial score (nSPS) is 10.6. The van der Waals surface area contributed by atoms with Gasteiger partial charge in [0, 0.05) is 6.20 Å². The second-order valence-electron chi connectivity index (χ2n) is 2.35. The van der Waals surface area contributed by atoms with Gasteiger partial charge in [-0.05, 0) is 28.1 Å². The number of halogens is 1. The number of pyridine rings is 1. The average Bonchev–Trinajstić information content (AvgIpc) is 2.08. The van der Waals surface area contributed by atoms with Crippen molar-refractivity contribution in [3.05, 3.63) is 22.8 Å². The third kappa shape index (κ3) is 2.97. The highest BCUT2D eigenvalue weighted by Gasteiger charge is 2.11. The van der Waals surface area contributed by atoms with Crippen LogP contribution < -0.4 is 4.72 Å². The highest BCUT2D eigenvalue weighted by molar-refractivity contribution is 9.10. The van der Waals surface area contributed by atoms with Gasteiger partial charge >= 0.3 is 0 Å². The first-order valence-corrected chi connectivity index (χ1v) is 5.97. The van der Waals surface area contributed by atoms with Crippen LogP contribution in [0.15, 0.2) is 22.8 Å². The minimum absolute atomic E-state index is 0.183. The van der Waals surface area contributed by atoms with Crippen LogP contribution in [0.5, 0.6) is 0 Å². The van der Waals surface area contributed by atoms with Gasteiger partial charge in [0.05, 0.1) is 10.5 Å². The third-order valence-corrected chi connectivity index (χ3v) is 2.92. The first-order chi connectivity index (χ1) is 6.55. The molecule has 1 rings (SSSR count). The van der Waals surface area contributed by atoms with Gasteiger partial charge in [0.25, 0.3) is 0 Å². The van der Waals surface area contributed by atoms with E-state index in [0.29, 0.717) is 4.47 Å². The van der Waals surface area contributed by atoms with Gasteiger partial charge in [-0.25, -0.2) is 13.4 Å². The fourth-order valence-corrected chi connectivity index (χ4v) is 1.91. The summed E-state index contributed by atoms with van der Waals surface area (Å²) in [5.74, 6) is -0.404. The van der Waals surface area contributed by atoms with Crippen LogP contribution in [0, 0.1) is 11.3 Å². The van der Waals surface area contributed by atoms with E-state index in [1.165, 1.54) is 6.20 Å². The number of sulfonamides is 1. The van der Waals surface area contributed by atoms with Gasteiger partial charge < -0.3 is 0 Å². The maximum atomic E-state index is 11.2. The molecule has 0 aliphatic carbocycles. The van der Waals surface area contributed by atoms with E-state index in [4.69, 9.17) is 5.26 Å². The topological polar surface area (TPSA) is 82.8 Å². The van der Waals surface area contributed by atoms with Crippen LogP contribution in [0.25, 0.3) is 0 Å². The van der Waals surface area contributed by atoms with Gasteiger partial charge in [-0.15, -0.1) is 0 Å². The van der Waals surface area contributed by atoms with Crippen LogP contribution in [0.3, 0.4) is 0 Å². The van der Waals surface area contributed by atoms with Gasteiger partial charge in [0.1, 0.15) is 0 Å². The average molecular weight is 276 g/mol. The predicted octanol–water partition coefficient (Wildman–Crippen LogP) is 1.11. The largest absolute Gasteiger partial charge is 0.266 e. The monoisotopic (exact) mass is 275 g/mol. The molecule has 1 aromatic heterocycles. The molecule has 1 heterocycles. The summed E-state index contributed by atoms with van der Waals surface area (Å²) in [5, 5.41) is 8.25. The number of nitriles is 1. The first-order valence-electron chi connectivity index (χ1n) is 3.53. The van der Waals surface area contributed by atoms with E-state index in [2.05, 4.69) is 25.6 Å². The van der Waals surface area contributed by atoms with Gasteiger partial charge in [0.15, 0.2) is 11.6 Å². The van der Waals surface area contributed by atoms with Crippen LogP contribution in [0.1, 0.15) is 0 Å². The molecule has 1 aromatic rings. The van der Waals surface area contributed by atoms with E-state index in [0.717, 1.165) is 0 Å². The van der Waals surface area contributed by atoms with Crippen molar-refractivity contribution in [3.8, 4) is 6.07 Å². The quantitative estimate of drug-likeness (QED) is 0.896. The molecule has 0 amide bonds. The molecule has 0 aliphatic heterocycles. The van der Waals surface area contributed by atoms with E-state index >= 15 is 0 Å². The molecule has 0 unspecified atom stereocenters. The third-order valence-electron chi connectivity index (χ3n) is 1.27. The molecule has 0 saturated carbocycles. The molecule has 0 aliphatic rings. The molecule has 1 N–H and O–H groups in total. The Morgan fingerprint density at radius 2 is 2.36 bits per heavy atom. The lowest BCUT2D eigenvalue weighted by Crippen LogP contribution is -2.16. The minimum Gasteiger partial charge on any atom is -0.266 e. The molecule has 0 fully saturated rings. The molecule has 0 spiro atoms. The molecule has 0 saturated heterocycles. The Hall–Kier alpha value is -1.13. The number of hydrogen-bond acceptors (Lipinski definition) is 4. The van der Waals surface area contributed by atoms with Crippen LogP contribution in [-0.4, -0.2) is 19.2 Å². The second-order valence-corrected chi connectivity index (χ2v) is 4.93. The van der Waals surface area contributed by atoms with Crippen molar-refractivity contribution < 1.29 is 8.42 Å². The maximum absolute atomic E-state index is 11.2. The zero-order chi connectivity index (χ0) is 10.6. The molecular formula is C7H6BrN3O2S. The van der Waals surface area contributed by atoms with Crippen LogP contribution in [0.2, 0.25) is 0 Å². The lowest BCUT2D eigenvalue weighted by atomic mass is 10.5. The maximum Gasteiger partial charge on any atom is 0.247 e. The van der Waals surface area contributed by atoms with E-state index in [-0.39, 0.29) is 5.82 Å². The van der Waals surface area contributed by atoms with Crippen LogP contribution in [0.4, 0.5) is 5.82 Å². The molecular weight excluding hydrogens is 270 g/mol. The summed E-state index contributed by atoms with van der Waals surface area (Å²) in [5.41, 5.74) is 0. The zero-order valence-corrected chi connectivity index (χ0v) is 9.34. The molecule has 0 aromatic carbocycles. The predicted molar refractivity (Wildman–Crippen MR) is 55.0 cm³/mol. The van der Waals surface area contributed by atoms with E-state index < -0.39 is 15.8 Å². The van der Waals surface area contributed by atoms with Crippen LogP contribution in [-0.2, 0) is 10.0 Å². The van der Waals surface area contributed by atoms with Gasteiger partial charge in [-0.1, -0.05) is 0 Å². The minimum atomic E-state index is -3.61. The number of aromatic nitrogens is 1. The lowest BCUT2D eigenvalue weighted by Gasteiger charge is -2.04. The van der Waals surface area contributed by atoms with Crippen molar-refractivity contribution >= 4 is 31.8 Å². The highest BCUT2D eigenvalue weighted by Crippen LogP contribution is 2.19. The molecule has 7 heteroatoms. The summed E-state index contributed by atoms with van der Waals surface area (Å²) in [7, 11) is -3.61. The van der Waals surface area contributed by atoms with E-state index in [1.54, 1.807) is 18.2 Å². The van der Waals surface area contributed by atoms with Gasteiger partial charge in [-0.3, -0.25) is 4.72 Å². The Kier molecular flexibility index (Phi) is 3.43. The summed E-state index contributed by atoms with van der Waals surface area (Å²) in [6.07, 6.45) is 1.45. The number of nitrogens with zero attached hydrogens (tertiary/aromatic N) is 2. The van der Waals surface area contributed by atoms with Crippen molar-refractivity contribution in [2.75, 3.05) is 10.5 Å². The smallest absolute Gasteiger partial charge is 0.247 e. The van der Waals surface area contributed by atoms with Crippen molar-refractivity contribution in [1.82, 2.24) is 4.98 Å². The van der Waals surface area contributed by atoms with Gasteiger partial charge in [-0.2, -0.15) is 5.26 Å². The summed E-state index contributed by atoms with van der Waals surface area (Å²) >= 11 is 3.13. The second kappa shape index (κ2) is 4.39. The fourth-order valence-electron chi connectivity index (χ4n) is 0.729. The van der Waals surface area contributed by atoms with Crippen molar-refractivity contribution in [1.29, 1.82) is 5.26 Å². The summed E-state index contributed by atoms with van der Waals surface area (Å²) in [4.78, 5) is 3.80. The Labute approximate surface area is 90.0 Å². The Morgan fingerprint density at radius 3 is 2.93 bits per heavy atom. The number of hydrogen-bond donors (Lipinski definition) is 1. The standard InChI is InChI=1S/C7H6BrN3O2S/c8-6-2-1-4-10-7(6)11-14(12,13)5-3-9/h1-2,4H,5H2,(H,10,11). The molecule has 0 atom stereocenters. The Balaban J connectivity index is 2.91. The van der Waals surface area contributed by atoms with E-state index in [9.17, 15) is 8.42 Å². The number of anilines is 1. The first kappa shape index (κ1) is 10.9. The SMILES string of the molecule is N#CCS(=O)(=O)Nc1ncccc1Br. The Morgan fingerprint density at radius 1 is 1.64 bits per heavy atom. The van der Waals surface area contributed by atoms with E-state index in [1.807, 2.05) is 0 Å². The number of rotatable bonds is 3. The van der Waals surface area contributed by atoms with Crippen LogP contribution >= 0.6 is 15.9 Å². The molecule has 5 nitrogen and oxygen atoms in total. The zero-order valence-electron chi connectivity index (χ0n) is 6.94. The molecule has 14 heavy (non-hydrogen) atoms. The summed E-state index contributed by atoms with van der Waals surface area (Å²) in [6.45, 7) is 0. The summed E-state index contributed by atoms with van der Waals surface area (Å²) < 4.78 is 25.0. The van der Waals surface area contributed by atoms with Crippen molar-refractivity contribution in [3.63, 3.8) is 0 Å². The molecule has 0 radical (unpaired) electrons. The van der Waals surface area contributed by atoms with Gasteiger partial charge in [0.2, 0.25) is 10.0 Å². The van der Waals surface area contributed by atoms with Crippen molar-refractivity contribution in [2.45, 2.75) is 0 Å². The summed E-state index contributed by atoms with van der Waals surface area (Å²) in [6, 6.07) is 4.86. The molecule has 74 valence electrons. The van der Waals surface area contributed by atoms with Crippen molar-refractivity contribution in [2.24, 2.45) is 0 Å². The fraction of sp³-hybridized carbons (Fsp3) is 0.143. The molecule has 0 bridgehead atoms. The number of nitrogens with one attached hydrogen (secondary N) is 1. The highest BCUT2D eigenvalue weighted by atomic mass is 79.9.